The van der Waals surface area contributed by atoms with Crippen LogP contribution >= 0.6 is 7.82 Å². The monoisotopic (exact) mass is 446 g/mol. The molecule has 0 aromatic heterocycles. The number of hydrogen-bond donors (Lipinski definition) is 2. The van der Waals surface area contributed by atoms with E-state index in [0.29, 0.717) is 0 Å². The first-order valence-electron chi connectivity index (χ1n) is 11.8. The van der Waals surface area contributed by atoms with Crippen molar-refractivity contribution in [2.24, 2.45) is 0 Å². The van der Waals surface area contributed by atoms with Gasteiger partial charge in [0.15, 0.2) is 0 Å². The van der Waals surface area contributed by atoms with Gasteiger partial charge >= 0.3 is 59.2 Å². The molecule has 0 spiro atoms. The molecule has 0 aliphatic heterocycles. The molecule has 0 aliphatic carbocycles. The summed E-state index contributed by atoms with van der Waals surface area (Å²) in [6, 6.07) is 0. The van der Waals surface area contributed by atoms with Gasteiger partial charge in [-0.2, -0.15) is 0 Å². The fraction of sp³-hybridized carbons (Fsp3) is 1.00. The molecule has 0 atom stereocenters. The maximum absolute atomic E-state index is 10.5. The third kappa shape index (κ3) is 29.9. The molecule has 0 rings (SSSR count). The molecule has 2 N–H and O–H groups in total. The van der Waals surface area contributed by atoms with Crippen molar-refractivity contribution in [3.63, 3.8) is 0 Å². The first kappa shape index (κ1) is 31.9. The molecule has 0 fully saturated rings. The molecule has 0 amide bonds. The minimum Gasteiger partial charge on any atom is -1.00 e. The molecule has 0 saturated carbocycles. The van der Waals surface area contributed by atoms with E-state index in [2.05, 4.69) is 11.4 Å². The average molecular weight is 447 g/mol. The summed E-state index contributed by atoms with van der Waals surface area (Å²) in [4.78, 5) is 17.1. The Morgan fingerprint density at radius 1 is 0.571 bits per heavy atom. The van der Waals surface area contributed by atoms with Crippen molar-refractivity contribution in [1.82, 2.24) is 0 Å². The maximum atomic E-state index is 10.5. The number of unbranched alkanes of at least 4 members (excludes halogenated alkanes) is 19. The quantitative estimate of drug-likeness (QED) is 0.139. The van der Waals surface area contributed by atoms with Crippen LogP contribution in [0.25, 0.3) is 0 Å². The molecular weight excluding hydrogens is 398 g/mol. The molecule has 4 nitrogen and oxygen atoms in total. The zero-order chi connectivity index (χ0) is 20.1. The Hall–Kier alpha value is 1.75. The van der Waals surface area contributed by atoms with Crippen LogP contribution in [0.4, 0.5) is 0 Å². The molecule has 28 heavy (non-hydrogen) atoms. The minimum absolute atomic E-state index is 0. The molecule has 166 valence electrons. The number of phosphoric acid groups is 1. The SMILES string of the molecule is CCCCCCCCCCCCCCCCCCCCCCOP(=O)(O)O.[H-].[K+]. The Morgan fingerprint density at radius 3 is 1.07 bits per heavy atom. The topological polar surface area (TPSA) is 66.8 Å². The molecule has 0 aromatic rings. The second kappa shape index (κ2) is 25.0. The van der Waals surface area contributed by atoms with E-state index < -0.39 is 7.82 Å². The van der Waals surface area contributed by atoms with Crippen LogP contribution in [-0.4, -0.2) is 16.4 Å². The Labute approximate surface area is 219 Å². The van der Waals surface area contributed by atoms with Gasteiger partial charge in [0.1, 0.15) is 0 Å². The molecule has 0 heterocycles. The molecule has 6 heteroatoms. The Kier molecular flexibility index (Phi) is 28.5. The zero-order valence-corrected chi connectivity index (χ0v) is 23.0. The van der Waals surface area contributed by atoms with E-state index in [1.807, 2.05) is 0 Å². The second-order valence-electron chi connectivity index (χ2n) is 8.04. The summed E-state index contributed by atoms with van der Waals surface area (Å²) in [5, 5.41) is 0. The number of rotatable bonds is 22. The van der Waals surface area contributed by atoms with Crippen molar-refractivity contribution in [3.8, 4) is 0 Å². The molecular formula is C22H48KO4P. The van der Waals surface area contributed by atoms with Crippen molar-refractivity contribution in [1.29, 1.82) is 0 Å². The van der Waals surface area contributed by atoms with Gasteiger partial charge < -0.3 is 11.2 Å². The Morgan fingerprint density at radius 2 is 0.821 bits per heavy atom. The standard InChI is InChI=1S/C22H47O4P.K.H/c1-2-3-4-5-6-7-8-9-10-11-12-13-14-15-16-17-18-19-20-21-22-26-27(23,24)25;;/h2-22H2,1H3,(H2,23,24,25);;/q;+1;-1. The summed E-state index contributed by atoms with van der Waals surface area (Å²) in [6.45, 7) is 2.45. The first-order chi connectivity index (χ1) is 13.1. The third-order valence-electron chi connectivity index (χ3n) is 5.26. The summed E-state index contributed by atoms with van der Waals surface area (Å²) >= 11 is 0. The van der Waals surface area contributed by atoms with E-state index in [1.54, 1.807) is 0 Å². The molecule has 0 aromatic carbocycles. The van der Waals surface area contributed by atoms with Crippen molar-refractivity contribution in [2.75, 3.05) is 6.61 Å². The second-order valence-corrected chi connectivity index (χ2v) is 9.28. The summed E-state index contributed by atoms with van der Waals surface area (Å²) in [5.41, 5.74) is 0. The van der Waals surface area contributed by atoms with Gasteiger partial charge in [0.2, 0.25) is 0 Å². The smallest absolute Gasteiger partial charge is 1.00 e. The van der Waals surface area contributed by atoms with E-state index in [1.165, 1.54) is 109 Å². The molecule has 0 bridgehead atoms. The van der Waals surface area contributed by atoms with Crippen molar-refractivity contribution < 1.29 is 71.7 Å². The van der Waals surface area contributed by atoms with E-state index in [0.717, 1.165) is 19.3 Å². The van der Waals surface area contributed by atoms with Crippen LogP contribution in [-0.2, 0) is 9.09 Å². The summed E-state index contributed by atoms with van der Waals surface area (Å²) in [6.07, 6.45) is 26.5. The van der Waals surface area contributed by atoms with E-state index in [9.17, 15) is 4.57 Å². The van der Waals surface area contributed by atoms with Crippen LogP contribution in [0.1, 0.15) is 137 Å². The van der Waals surface area contributed by atoms with E-state index in [4.69, 9.17) is 9.79 Å². The summed E-state index contributed by atoms with van der Waals surface area (Å²) < 4.78 is 14.9. The van der Waals surface area contributed by atoms with E-state index in [-0.39, 0.29) is 59.4 Å². The predicted molar refractivity (Wildman–Crippen MR) is 117 cm³/mol. The van der Waals surface area contributed by atoms with Crippen LogP contribution in [0, 0.1) is 0 Å². The normalized spacial score (nSPS) is 11.5. The number of hydrogen-bond acceptors (Lipinski definition) is 2. The third-order valence-corrected chi connectivity index (χ3v) is 5.78. The molecule has 0 radical (unpaired) electrons. The van der Waals surface area contributed by atoms with Crippen LogP contribution < -0.4 is 51.4 Å². The average Bonchev–Trinajstić information content (AvgIpc) is 2.62. The van der Waals surface area contributed by atoms with Crippen molar-refractivity contribution >= 4 is 7.82 Å². The van der Waals surface area contributed by atoms with Gasteiger partial charge in [-0.1, -0.05) is 129 Å². The Balaban J connectivity index is -0.00000338. The fourth-order valence-corrected chi connectivity index (χ4v) is 3.91. The van der Waals surface area contributed by atoms with Gasteiger partial charge in [-0.05, 0) is 6.42 Å². The van der Waals surface area contributed by atoms with Gasteiger partial charge in [0.25, 0.3) is 0 Å². The van der Waals surface area contributed by atoms with Crippen molar-refractivity contribution in [2.45, 2.75) is 135 Å². The molecule has 0 unspecified atom stereocenters. The largest absolute Gasteiger partial charge is 1.00 e. The van der Waals surface area contributed by atoms with E-state index >= 15 is 0 Å². The zero-order valence-electron chi connectivity index (χ0n) is 20.0. The van der Waals surface area contributed by atoms with Crippen LogP contribution in [0.15, 0.2) is 0 Å². The number of phosphoric ester groups is 1. The van der Waals surface area contributed by atoms with Crippen molar-refractivity contribution in [3.05, 3.63) is 0 Å². The maximum Gasteiger partial charge on any atom is 1.00 e. The van der Waals surface area contributed by atoms with Crippen LogP contribution in [0.5, 0.6) is 0 Å². The molecule has 0 aliphatic rings. The van der Waals surface area contributed by atoms with Gasteiger partial charge in [-0.3, -0.25) is 4.52 Å². The summed E-state index contributed by atoms with van der Waals surface area (Å²) in [5.74, 6) is 0. The Bertz CT molecular complexity index is 343. The predicted octanol–water partition coefficient (Wildman–Crippen LogP) is 5.03. The fourth-order valence-electron chi connectivity index (χ4n) is 3.54. The van der Waals surface area contributed by atoms with Gasteiger partial charge in [0.05, 0.1) is 6.61 Å². The van der Waals surface area contributed by atoms with Crippen LogP contribution in [0.2, 0.25) is 0 Å². The van der Waals surface area contributed by atoms with Gasteiger partial charge in [0, 0.05) is 0 Å². The summed E-state index contributed by atoms with van der Waals surface area (Å²) in [7, 11) is -4.26. The van der Waals surface area contributed by atoms with Gasteiger partial charge in [-0.15, -0.1) is 0 Å². The van der Waals surface area contributed by atoms with Gasteiger partial charge in [-0.25, -0.2) is 4.57 Å². The molecule has 0 saturated heterocycles. The minimum atomic E-state index is -4.26. The first-order valence-corrected chi connectivity index (χ1v) is 13.3. The van der Waals surface area contributed by atoms with Crippen LogP contribution in [0.3, 0.4) is 0 Å².